The molecule has 0 spiro atoms. The molecule has 0 aromatic carbocycles. The van der Waals surface area contributed by atoms with Crippen LogP contribution in [0, 0.1) is 22.7 Å². The summed E-state index contributed by atoms with van der Waals surface area (Å²) in [6.07, 6.45) is 2.60. The number of carbonyl (C=O) groups is 2. The zero-order chi connectivity index (χ0) is 21.6. The molecule has 0 bridgehead atoms. The fourth-order valence-corrected chi connectivity index (χ4v) is 5.97. The number of fused-ring (bicyclic) bond motifs is 1. The van der Waals surface area contributed by atoms with Gasteiger partial charge in [-0.3, -0.25) is 4.79 Å². The van der Waals surface area contributed by atoms with Gasteiger partial charge in [0.2, 0.25) is 0 Å². The van der Waals surface area contributed by atoms with Crippen LogP contribution in [-0.4, -0.2) is 45.4 Å². The average molecular weight is 408 g/mol. The number of hydrogen-bond acceptors (Lipinski definition) is 7. The van der Waals surface area contributed by atoms with E-state index in [1.165, 1.54) is 19.5 Å². The van der Waals surface area contributed by atoms with Crippen LogP contribution in [0.25, 0.3) is 0 Å². The number of aliphatic hydroxyl groups excluding tert-OH is 2. The van der Waals surface area contributed by atoms with Crippen LogP contribution in [-0.2, 0) is 14.3 Å². The standard InChI is InChI=1S/C22H32O7/c1-13-17(29-14(2)24)10-20(3)18(5-6-19(26)21(20,4)27)22(13,12-23)9-16(25)15-7-8-28-11-15/h7-8,11-13,16-19,25-27H,5-6,9-10H2,1-4H3. The van der Waals surface area contributed by atoms with E-state index in [-0.39, 0.29) is 18.3 Å². The van der Waals surface area contributed by atoms with E-state index < -0.39 is 40.7 Å². The normalized spacial score (nSPS) is 43.3. The molecule has 1 aromatic rings. The Hall–Kier alpha value is -1.70. The molecular weight excluding hydrogens is 376 g/mol. The molecule has 0 saturated heterocycles. The van der Waals surface area contributed by atoms with Gasteiger partial charge in [-0.25, -0.2) is 0 Å². The van der Waals surface area contributed by atoms with Crippen molar-refractivity contribution in [3.05, 3.63) is 24.2 Å². The number of hydrogen-bond donors (Lipinski definition) is 3. The van der Waals surface area contributed by atoms with E-state index in [4.69, 9.17) is 9.15 Å². The number of ether oxygens (including phenoxy) is 1. The lowest BCUT2D eigenvalue weighted by Crippen LogP contribution is -2.68. The second-order valence-electron chi connectivity index (χ2n) is 9.36. The minimum Gasteiger partial charge on any atom is -0.472 e. The Morgan fingerprint density at radius 1 is 1.41 bits per heavy atom. The van der Waals surface area contributed by atoms with Crippen LogP contribution >= 0.6 is 0 Å². The smallest absolute Gasteiger partial charge is 0.302 e. The van der Waals surface area contributed by atoms with Gasteiger partial charge in [-0.1, -0.05) is 13.8 Å². The second-order valence-corrected chi connectivity index (χ2v) is 9.36. The minimum atomic E-state index is -1.47. The van der Waals surface area contributed by atoms with Gasteiger partial charge in [-0.15, -0.1) is 0 Å². The topological polar surface area (TPSA) is 117 Å². The number of carbonyl (C=O) groups excluding carboxylic acids is 2. The van der Waals surface area contributed by atoms with Crippen LogP contribution in [0.2, 0.25) is 0 Å². The first-order valence-electron chi connectivity index (χ1n) is 10.2. The molecule has 8 unspecified atom stereocenters. The van der Waals surface area contributed by atoms with Gasteiger partial charge in [0.15, 0.2) is 0 Å². The van der Waals surface area contributed by atoms with Crippen LogP contribution in [0.4, 0.5) is 0 Å². The van der Waals surface area contributed by atoms with Crippen molar-refractivity contribution < 1.29 is 34.1 Å². The number of rotatable bonds is 5. The van der Waals surface area contributed by atoms with Crippen LogP contribution < -0.4 is 0 Å². The molecule has 1 heterocycles. The van der Waals surface area contributed by atoms with Gasteiger partial charge in [-0.05, 0) is 44.6 Å². The molecule has 3 N–H and O–H groups in total. The first-order valence-corrected chi connectivity index (χ1v) is 10.2. The largest absolute Gasteiger partial charge is 0.472 e. The molecule has 2 saturated carbocycles. The molecule has 29 heavy (non-hydrogen) atoms. The molecule has 2 aliphatic carbocycles. The van der Waals surface area contributed by atoms with E-state index in [0.717, 1.165) is 6.29 Å². The summed E-state index contributed by atoms with van der Waals surface area (Å²) in [5.74, 6) is -1.13. The van der Waals surface area contributed by atoms with Crippen LogP contribution in [0.5, 0.6) is 0 Å². The predicted octanol–water partition coefficient (Wildman–Crippen LogP) is 2.39. The lowest BCUT2D eigenvalue weighted by atomic mass is 9.42. The van der Waals surface area contributed by atoms with E-state index in [2.05, 4.69) is 0 Å². The Bertz CT molecular complexity index is 742. The maximum atomic E-state index is 12.7. The molecule has 3 rings (SSSR count). The molecule has 2 aliphatic rings. The second kappa shape index (κ2) is 7.52. The van der Waals surface area contributed by atoms with Gasteiger partial charge in [0, 0.05) is 29.2 Å². The first kappa shape index (κ1) is 22.0. The van der Waals surface area contributed by atoms with E-state index in [1.54, 1.807) is 13.0 Å². The van der Waals surface area contributed by atoms with Crippen molar-refractivity contribution in [2.45, 2.75) is 77.3 Å². The summed E-state index contributed by atoms with van der Waals surface area (Å²) in [7, 11) is 0. The van der Waals surface area contributed by atoms with Gasteiger partial charge >= 0.3 is 5.97 Å². The fraction of sp³-hybridized carbons (Fsp3) is 0.727. The SMILES string of the molecule is CC(=O)OC1CC2(C)C(CCC(O)C2(C)O)C(C=O)(CC(O)c2ccoc2)C1C. The van der Waals surface area contributed by atoms with E-state index in [9.17, 15) is 24.9 Å². The molecule has 8 atom stereocenters. The Balaban J connectivity index is 2.09. The highest BCUT2D eigenvalue weighted by Crippen LogP contribution is 2.64. The average Bonchev–Trinajstić information content (AvgIpc) is 3.18. The van der Waals surface area contributed by atoms with Crippen molar-refractivity contribution in [3.63, 3.8) is 0 Å². The van der Waals surface area contributed by atoms with Crippen LogP contribution in [0.1, 0.15) is 65.0 Å². The van der Waals surface area contributed by atoms with Gasteiger partial charge in [0.1, 0.15) is 12.4 Å². The number of esters is 1. The summed E-state index contributed by atoms with van der Waals surface area (Å²) in [4.78, 5) is 24.5. The van der Waals surface area contributed by atoms with Gasteiger partial charge in [-0.2, -0.15) is 0 Å². The molecule has 0 aliphatic heterocycles. The molecular formula is C22H32O7. The van der Waals surface area contributed by atoms with E-state index in [1.807, 2.05) is 13.8 Å². The van der Waals surface area contributed by atoms with E-state index >= 15 is 0 Å². The summed E-state index contributed by atoms with van der Waals surface area (Å²) in [6.45, 7) is 6.62. The van der Waals surface area contributed by atoms with Gasteiger partial charge in [0.05, 0.1) is 30.3 Å². The Labute approximate surface area is 171 Å². The summed E-state index contributed by atoms with van der Waals surface area (Å²) in [6, 6.07) is 1.65. The molecule has 2 fully saturated rings. The first-order chi connectivity index (χ1) is 13.5. The van der Waals surface area contributed by atoms with Gasteiger partial charge in [0.25, 0.3) is 0 Å². The van der Waals surface area contributed by atoms with Crippen molar-refractivity contribution in [2.75, 3.05) is 0 Å². The fourth-order valence-electron chi connectivity index (χ4n) is 5.97. The highest BCUT2D eigenvalue weighted by atomic mass is 16.5. The van der Waals surface area contributed by atoms with Crippen molar-refractivity contribution in [3.8, 4) is 0 Å². The molecule has 7 heteroatoms. The lowest BCUT2D eigenvalue weighted by molar-refractivity contribution is -0.256. The van der Waals surface area contributed by atoms with Gasteiger partial charge < -0.3 is 29.3 Å². The van der Waals surface area contributed by atoms with Crippen LogP contribution in [0.15, 0.2) is 23.0 Å². The van der Waals surface area contributed by atoms with Crippen LogP contribution in [0.3, 0.4) is 0 Å². The van der Waals surface area contributed by atoms with Crippen molar-refractivity contribution in [1.29, 1.82) is 0 Å². The monoisotopic (exact) mass is 408 g/mol. The molecule has 7 nitrogen and oxygen atoms in total. The summed E-state index contributed by atoms with van der Waals surface area (Å²) < 4.78 is 10.7. The van der Waals surface area contributed by atoms with Crippen molar-refractivity contribution in [2.24, 2.45) is 22.7 Å². The summed E-state index contributed by atoms with van der Waals surface area (Å²) >= 11 is 0. The Kier molecular flexibility index (Phi) is 5.71. The van der Waals surface area contributed by atoms with E-state index in [0.29, 0.717) is 24.8 Å². The minimum absolute atomic E-state index is 0.112. The summed E-state index contributed by atoms with van der Waals surface area (Å²) in [5.41, 5.74) is -2.83. The molecule has 0 radical (unpaired) electrons. The lowest BCUT2D eigenvalue weighted by Gasteiger charge is -2.64. The number of aliphatic hydroxyl groups is 3. The molecule has 1 aromatic heterocycles. The highest BCUT2D eigenvalue weighted by Gasteiger charge is 2.67. The zero-order valence-corrected chi connectivity index (χ0v) is 17.5. The zero-order valence-electron chi connectivity index (χ0n) is 17.5. The summed E-state index contributed by atoms with van der Waals surface area (Å²) in [5, 5.41) is 32.7. The maximum absolute atomic E-state index is 12.7. The van der Waals surface area contributed by atoms with Crippen molar-refractivity contribution >= 4 is 12.3 Å². The third-order valence-electron chi connectivity index (χ3n) is 7.99. The van der Waals surface area contributed by atoms with Crippen molar-refractivity contribution in [1.82, 2.24) is 0 Å². The molecule has 0 amide bonds. The Morgan fingerprint density at radius 2 is 2.10 bits per heavy atom. The third kappa shape index (κ3) is 3.33. The number of furan rings is 1. The third-order valence-corrected chi connectivity index (χ3v) is 7.99. The quantitative estimate of drug-likeness (QED) is 0.506. The number of aldehydes is 1. The highest BCUT2D eigenvalue weighted by molar-refractivity contribution is 5.67. The Morgan fingerprint density at radius 3 is 2.66 bits per heavy atom. The maximum Gasteiger partial charge on any atom is 0.302 e. The predicted molar refractivity (Wildman–Crippen MR) is 104 cm³/mol. The molecule has 162 valence electrons.